The lowest BCUT2D eigenvalue weighted by atomic mass is 9.97. The minimum atomic E-state index is 0.179. The predicted molar refractivity (Wildman–Crippen MR) is 92.4 cm³/mol. The van der Waals surface area contributed by atoms with Gasteiger partial charge in [-0.2, -0.15) is 0 Å². The van der Waals surface area contributed by atoms with E-state index in [1.54, 1.807) is 7.11 Å². The molecule has 0 radical (unpaired) electrons. The Hall–Kier alpha value is -1.03. The lowest BCUT2D eigenvalue weighted by Crippen LogP contribution is -2.19. The normalized spacial score (nSPS) is 12.2. The molecule has 0 amide bonds. The first-order chi connectivity index (χ1) is 10.0. The summed E-state index contributed by atoms with van der Waals surface area (Å²) in [6.07, 6.45) is 0.875. The van der Waals surface area contributed by atoms with Gasteiger partial charge in [-0.3, -0.25) is 0 Å². The lowest BCUT2D eigenvalue weighted by Gasteiger charge is -2.21. The van der Waals surface area contributed by atoms with Gasteiger partial charge in [-0.25, -0.2) is 0 Å². The predicted octanol–water partition coefficient (Wildman–Crippen LogP) is 4.92. The van der Waals surface area contributed by atoms with Crippen LogP contribution in [0.25, 0.3) is 0 Å². The topological polar surface area (TPSA) is 21.3 Å². The largest absolute Gasteiger partial charge is 0.496 e. The number of hydrogen-bond acceptors (Lipinski definition) is 2. The molecule has 21 heavy (non-hydrogen) atoms. The molecule has 0 heterocycles. The molecule has 0 saturated heterocycles. The molecule has 0 bridgehead atoms. The molecule has 0 spiro atoms. The fraction of sp³-hybridized carbons (Fsp3) is 0.294. The molecule has 0 fully saturated rings. The second kappa shape index (κ2) is 7.30. The van der Waals surface area contributed by atoms with Crippen LogP contribution in [0.4, 0.5) is 0 Å². The van der Waals surface area contributed by atoms with Crippen LogP contribution in [-0.4, -0.2) is 14.2 Å². The van der Waals surface area contributed by atoms with E-state index in [1.165, 1.54) is 5.56 Å². The Balaban J connectivity index is 2.32. The number of likely N-dealkylation sites (N-methyl/N-ethyl adjacent to an activating group) is 1. The van der Waals surface area contributed by atoms with Crippen LogP contribution in [-0.2, 0) is 6.42 Å². The number of methoxy groups -OCH3 is 1. The zero-order chi connectivity index (χ0) is 15.4. The minimum Gasteiger partial charge on any atom is -0.496 e. The second-order valence-corrected chi connectivity index (χ2v) is 6.31. The van der Waals surface area contributed by atoms with Gasteiger partial charge in [0.2, 0.25) is 0 Å². The van der Waals surface area contributed by atoms with E-state index in [1.807, 2.05) is 19.2 Å². The number of benzene rings is 2. The van der Waals surface area contributed by atoms with E-state index >= 15 is 0 Å². The van der Waals surface area contributed by atoms with Crippen molar-refractivity contribution in [2.75, 3.05) is 14.2 Å². The third-order valence-electron chi connectivity index (χ3n) is 3.59. The highest BCUT2D eigenvalue weighted by Crippen LogP contribution is 2.32. The van der Waals surface area contributed by atoms with Crippen molar-refractivity contribution in [3.63, 3.8) is 0 Å². The molecule has 2 aromatic carbocycles. The van der Waals surface area contributed by atoms with E-state index in [-0.39, 0.29) is 6.04 Å². The summed E-state index contributed by atoms with van der Waals surface area (Å²) in [5.41, 5.74) is 3.54. The van der Waals surface area contributed by atoms with Gasteiger partial charge in [-0.15, -0.1) is 0 Å². The number of aryl methyl sites for hydroxylation is 1. The van der Waals surface area contributed by atoms with Gasteiger partial charge in [0, 0.05) is 21.1 Å². The molecule has 1 atom stereocenters. The molecule has 4 heteroatoms. The first-order valence-corrected chi connectivity index (χ1v) is 7.98. The summed E-state index contributed by atoms with van der Waals surface area (Å²) < 4.78 is 6.63. The van der Waals surface area contributed by atoms with Gasteiger partial charge in [0.05, 0.1) is 7.11 Å². The Morgan fingerprint density at radius 1 is 1.24 bits per heavy atom. The second-order valence-electron chi connectivity index (χ2n) is 5.02. The van der Waals surface area contributed by atoms with E-state index in [9.17, 15) is 0 Å². The fourth-order valence-electron chi connectivity index (χ4n) is 2.34. The van der Waals surface area contributed by atoms with E-state index in [2.05, 4.69) is 52.4 Å². The Labute approximate surface area is 139 Å². The molecular formula is C17H19BrClNO. The van der Waals surface area contributed by atoms with Gasteiger partial charge < -0.3 is 10.1 Å². The van der Waals surface area contributed by atoms with Gasteiger partial charge in [0.15, 0.2) is 0 Å². The molecule has 0 aliphatic heterocycles. The van der Waals surface area contributed by atoms with Crippen LogP contribution >= 0.6 is 27.5 Å². The van der Waals surface area contributed by atoms with Crippen molar-refractivity contribution in [2.45, 2.75) is 19.4 Å². The summed E-state index contributed by atoms with van der Waals surface area (Å²) in [5.74, 6) is 0.906. The molecule has 0 aliphatic rings. The molecule has 2 aromatic rings. The average Bonchev–Trinajstić information content (AvgIpc) is 2.49. The van der Waals surface area contributed by atoms with E-state index in [4.69, 9.17) is 16.3 Å². The van der Waals surface area contributed by atoms with Crippen molar-refractivity contribution in [1.82, 2.24) is 5.32 Å². The van der Waals surface area contributed by atoms with Crippen molar-refractivity contribution in [2.24, 2.45) is 0 Å². The number of halogens is 2. The first-order valence-electron chi connectivity index (χ1n) is 6.81. The molecule has 0 saturated carbocycles. The van der Waals surface area contributed by atoms with Gasteiger partial charge in [-0.1, -0.05) is 39.7 Å². The van der Waals surface area contributed by atoms with Crippen molar-refractivity contribution in [1.29, 1.82) is 0 Å². The van der Waals surface area contributed by atoms with E-state index in [0.29, 0.717) is 0 Å². The monoisotopic (exact) mass is 367 g/mol. The van der Waals surface area contributed by atoms with Crippen molar-refractivity contribution < 1.29 is 4.74 Å². The number of rotatable bonds is 5. The van der Waals surface area contributed by atoms with Gasteiger partial charge in [0.1, 0.15) is 5.75 Å². The SMILES string of the molecule is CNC(Cc1ccc(Cl)cc1)c1cc(Br)c(C)cc1OC. The van der Waals surface area contributed by atoms with Gasteiger partial charge in [-0.05, 0) is 55.8 Å². The standard InChI is InChI=1S/C17H19BrClNO/c1-11-8-17(21-3)14(10-15(11)18)16(20-2)9-12-4-6-13(19)7-5-12/h4-8,10,16,20H,9H2,1-3H3. The third-order valence-corrected chi connectivity index (χ3v) is 4.69. The van der Waals surface area contributed by atoms with E-state index < -0.39 is 0 Å². The van der Waals surface area contributed by atoms with Crippen LogP contribution in [0, 0.1) is 6.92 Å². The van der Waals surface area contributed by atoms with Crippen LogP contribution in [0.1, 0.15) is 22.7 Å². The van der Waals surface area contributed by atoms with Crippen molar-refractivity contribution in [3.05, 3.63) is 62.6 Å². The Kier molecular flexibility index (Phi) is 5.68. The summed E-state index contributed by atoms with van der Waals surface area (Å²) >= 11 is 9.54. The summed E-state index contributed by atoms with van der Waals surface area (Å²) in [6.45, 7) is 2.06. The minimum absolute atomic E-state index is 0.179. The smallest absolute Gasteiger partial charge is 0.123 e. The summed E-state index contributed by atoms with van der Waals surface area (Å²) in [5, 5.41) is 4.13. The molecule has 2 rings (SSSR count). The third kappa shape index (κ3) is 4.00. The van der Waals surface area contributed by atoms with Crippen molar-refractivity contribution in [3.8, 4) is 5.75 Å². The number of ether oxygens (including phenoxy) is 1. The highest BCUT2D eigenvalue weighted by atomic mass is 79.9. The highest BCUT2D eigenvalue weighted by molar-refractivity contribution is 9.10. The zero-order valence-corrected chi connectivity index (χ0v) is 14.8. The molecule has 0 aromatic heterocycles. The Morgan fingerprint density at radius 2 is 1.90 bits per heavy atom. The number of nitrogens with one attached hydrogen (secondary N) is 1. The maximum absolute atomic E-state index is 5.94. The summed E-state index contributed by atoms with van der Waals surface area (Å²) in [6, 6.07) is 12.3. The van der Waals surface area contributed by atoms with Crippen LogP contribution in [0.3, 0.4) is 0 Å². The molecular weight excluding hydrogens is 350 g/mol. The van der Waals surface area contributed by atoms with Crippen LogP contribution in [0.5, 0.6) is 5.75 Å². The van der Waals surface area contributed by atoms with Gasteiger partial charge in [0.25, 0.3) is 0 Å². The molecule has 112 valence electrons. The molecule has 1 unspecified atom stereocenters. The van der Waals surface area contributed by atoms with Crippen molar-refractivity contribution >= 4 is 27.5 Å². The van der Waals surface area contributed by atoms with Crippen LogP contribution in [0.15, 0.2) is 40.9 Å². The average molecular weight is 369 g/mol. The molecule has 1 N–H and O–H groups in total. The zero-order valence-electron chi connectivity index (χ0n) is 12.4. The first kappa shape index (κ1) is 16.3. The molecule has 2 nitrogen and oxygen atoms in total. The van der Waals surface area contributed by atoms with Crippen LogP contribution < -0.4 is 10.1 Å². The van der Waals surface area contributed by atoms with E-state index in [0.717, 1.165) is 32.8 Å². The fourth-order valence-corrected chi connectivity index (χ4v) is 2.83. The summed E-state index contributed by atoms with van der Waals surface area (Å²) in [4.78, 5) is 0. The Morgan fingerprint density at radius 3 is 2.48 bits per heavy atom. The number of hydrogen-bond donors (Lipinski definition) is 1. The highest BCUT2D eigenvalue weighted by Gasteiger charge is 2.16. The maximum atomic E-state index is 5.94. The quantitative estimate of drug-likeness (QED) is 0.808. The summed E-state index contributed by atoms with van der Waals surface area (Å²) in [7, 11) is 3.68. The molecule has 0 aliphatic carbocycles. The van der Waals surface area contributed by atoms with Crippen LogP contribution in [0.2, 0.25) is 5.02 Å². The maximum Gasteiger partial charge on any atom is 0.123 e. The Bertz CT molecular complexity index is 613. The van der Waals surface area contributed by atoms with Gasteiger partial charge >= 0.3 is 0 Å². The lowest BCUT2D eigenvalue weighted by molar-refractivity contribution is 0.400.